The van der Waals surface area contributed by atoms with E-state index in [1.807, 2.05) is 37.3 Å². The van der Waals surface area contributed by atoms with Gasteiger partial charge >= 0.3 is 6.03 Å². The molecule has 2 saturated heterocycles. The van der Waals surface area contributed by atoms with Crippen LogP contribution in [0.5, 0.6) is 0 Å². The Bertz CT molecular complexity index is 1660. The number of aliphatic hydroxyl groups excluding tert-OH is 1. The number of likely N-dealkylation sites (tertiary alicyclic amines) is 1. The van der Waals surface area contributed by atoms with E-state index >= 15 is 0 Å². The van der Waals surface area contributed by atoms with E-state index in [2.05, 4.69) is 91.0 Å². The third-order valence-corrected chi connectivity index (χ3v) is 11.0. The number of aliphatic hydroxyl groups is 1. The minimum Gasteiger partial charge on any atom is -0.392 e. The summed E-state index contributed by atoms with van der Waals surface area (Å²) in [5.74, 6) is 0.715. The lowest BCUT2D eigenvalue weighted by atomic mass is 9.75. The summed E-state index contributed by atoms with van der Waals surface area (Å²) in [5, 5.41) is 18.7. The maximum absolute atomic E-state index is 13.9. The van der Waals surface area contributed by atoms with Gasteiger partial charge in [0.1, 0.15) is 0 Å². The zero-order valence-electron chi connectivity index (χ0n) is 31.6. The number of hydrogen-bond donors (Lipinski definition) is 4. The molecule has 0 radical (unpaired) electrons. The van der Waals surface area contributed by atoms with Crippen LogP contribution in [0.1, 0.15) is 108 Å². The quantitative estimate of drug-likeness (QED) is 0.175. The maximum atomic E-state index is 13.9. The standard InChI is InChI=1S/C43H58N4O5/c1-6-44-42(50)45-25-30-11-9-13-33(23-30)34-14-10-15-35(24-34)41-51-38(28(2)39(52-41)32-19-17-29(27-48)18-20-32)26-47-36-16-8-7-12-31(36)21-22-37(47)40(49)46-43(3,4)5/h9-11,13-15,17-20,23-24,28,31,36-39,41,48H,6-8,12,16,21-22,25-27H2,1-5H3,(H,46,49)(H2,44,45,50). The van der Waals surface area contributed by atoms with Crippen LogP contribution >= 0.6 is 0 Å². The number of carbonyl (C=O) groups excluding carboxylic acids is 2. The lowest BCUT2D eigenvalue weighted by molar-refractivity contribution is -0.278. The Labute approximate surface area is 309 Å². The lowest BCUT2D eigenvalue weighted by Gasteiger charge is -2.51. The molecule has 0 aromatic heterocycles. The van der Waals surface area contributed by atoms with Crippen molar-refractivity contribution in [2.75, 3.05) is 13.1 Å². The molecule has 9 heteroatoms. The van der Waals surface area contributed by atoms with E-state index in [9.17, 15) is 14.7 Å². The summed E-state index contributed by atoms with van der Waals surface area (Å²) >= 11 is 0. The molecule has 0 spiro atoms. The lowest BCUT2D eigenvalue weighted by Crippen LogP contribution is -2.61. The highest BCUT2D eigenvalue weighted by Gasteiger charge is 2.46. The number of urea groups is 1. The normalized spacial score (nSPS) is 26.6. The molecule has 7 atom stereocenters. The monoisotopic (exact) mass is 710 g/mol. The summed E-state index contributed by atoms with van der Waals surface area (Å²) in [5.41, 5.74) is 5.60. The number of fused-ring (bicyclic) bond motifs is 1. The summed E-state index contributed by atoms with van der Waals surface area (Å²) in [6, 6.07) is 24.5. The van der Waals surface area contributed by atoms with Crippen LogP contribution in [0.4, 0.5) is 4.79 Å². The molecular weight excluding hydrogens is 652 g/mol. The average molecular weight is 711 g/mol. The van der Waals surface area contributed by atoms with Gasteiger partial charge in [-0.2, -0.15) is 0 Å². The third-order valence-electron chi connectivity index (χ3n) is 11.0. The van der Waals surface area contributed by atoms with Crippen LogP contribution in [0.25, 0.3) is 11.1 Å². The Kier molecular flexibility index (Phi) is 12.4. The number of ether oxygens (including phenoxy) is 2. The third kappa shape index (κ3) is 9.23. The van der Waals surface area contributed by atoms with Crippen molar-refractivity contribution < 1.29 is 24.2 Å². The van der Waals surface area contributed by atoms with Crippen molar-refractivity contribution in [1.82, 2.24) is 20.9 Å². The van der Waals surface area contributed by atoms with Crippen molar-refractivity contribution in [3.63, 3.8) is 0 Å². The van der Waals surface area contributed by atoms with Crippen LogP contribution in [-0.4, -0.2) is 58.8 Å². The van der Waals surface area contributed by atoms with E-state index in [4.69, 9.17) is 9.47 Å². The van der Waals surface area contributed by atoms with Crippen molar-refractivity contribution in [1.29, 1.82) is 0 Å². The topological polar surface area (TPSA) is 112 Å². The Morgan fingerprint density at radius 3 is 2.31 bits per heavy atom. The Morgan fingerprint density at radius 1 is 0.846 bits per heavy atom. The van der Waals surface area contributed by atoms with Gasteiger partial charge in [0.05, 0.1) is 24.9 Å². The van der Waals surface area contributed by atoms with Gasteiger partial charge in [-0.1, -0.05) is 80.4 Å². The predicted molar refractivity (Wildman–Crippen MR) is 204 cm³/mol. The number of amides is 3. The molecule has 3 amide bonds. The molecule has 6 rings (SSSR count). The molecule has 52 heavy (non-hydrogen) atoms. The van der Waals surface area contributed by atoms with Gasteiger partial charge < -0.3 is 30.5 Å². The fourth-order valence-corrected chi connectivity index (χ4v) is 8.39. The first-order valence-corrected chi connectivity index (χ1v) is 19.3. The molecule has 2 aliphatic heterocycles. The molecule has 7 unspecified atom stereocenters. The highest BCUT2D eigenvalue weighted by molar-refractivity contribution is 5.82. The molecule has 0 bridgehead atoms. The molecule has 2 heterocycles. The highest BCUT2D eigenvalue weighted by Crippen LogP contribution is 2.45. The second-order valence-corrected chi connectivity index (χ2v) is 16.0. The SMILES string of the molecule is CCNC(=O)NCc1cccc(-c2cccc(C3OC(CN4C(C(=O)NC(C)(C)C)CCC5CCCCC54)C(C)C(c4ccc(CO)cc4)O3)c2)c1. The second-order valence-electron chi connectivity index (χ2n) is 16.0. The highest BCUT2D eigenvalue weighted by atomic mass is 16.7. The van der Waals surface area contributed by atoms with E-state index in [0.717, 1.165) is 52.6 Å². The van der Waals surface area contributed by atoms with Crippen molar-refractivity contribution in [2.45, 2.75) is 122 Å². The molecule has 280 valence electrons. The van der Waals surface area contributed by atoms with Crippen molar-refractivity contribution >= 4 is 11.9 Å². The van der Waals surface area contributed by atoms with Gasteiger partial charge in [-0.15, -0.1) is 0 Å². The van der Waals surface area contributed by atoms with Crippen LogP contribution in [0.15, 0.2) is 72.8 Å². The van der Waals surface area contributed by atoms with Gasteiger partial charge in [0, 0.05) is 42.7 Å². The minimum absolute atomic E-state index is 0.00351. The molecule has 9 nitrogen and oxygen atoms in total. The van der Waals surface area contributed by atoms with E-state index in [0.29, 0.717) is 31.6 Å². The first-order chi connectivity index (χ1) is 25.0. The number of hydrogen-bond acceptors (Lipinski definition) is 6. The average Bonchev–Trinajstić information content (AvgIpc) is 3.14. The Hall–Kier alpha value is -3.76. The van der Waals surface area contributed by atoms with Crippen molar-refractivity contribution in [3.05, 3.63) is 95.1 Å². The summed E-state index contributed by atoms with van der Waals surface area (Å²) in [6.45, 7) is 11.9. The largest absolute Gasteiger partial charge is 0.392 e. The number of rotatable bonds is 10. The van der Waals surface area contributed by atoms with E-state index < -0.39 is 6.29 Å². The van der Waals surface area contributed by atoms with Gasteiger partial charge in [0.25, 0.3) is 0 Å². The van der Waals surface area contributed by atoms with Crippen LogP contribution in [0.3, 0.4) is 0 Å². The maximum Gasteiger partial charge on any atom is 0.315 e. The van der Waals surface area contributed by atoms with E-state index in [1.165, 1.54) is 19.3 Å². The number of nitrogens with zero attached hydrogens (tertiary/aromatic N) is 1. The van der Waals surface area contributed by atoms with Crippen LogP contribution < -0.4 is 16.0 Å². The molecule has 4 N–H and O–H groups in total. The van der Waals surface area contributed by atoms with E-state index in [1.54, 1.807) is 0 Å². The molecule has 3 aromatic rings. The van der Waals surface area contributed by atoms with Gasteiger partial charge in [-0.25, -0.2) is 4.79 Å². The number of piperidine rings is 1. The van der Waals surface area contributed by atoms with Crippen molar-refractivity contribution in [2.24, 2.45) is 11.8 Å². The first kappa shape index (κ1) is 38.0. The first-order valence-electron chi connectivity index (χ1n) is 19.3. The molecule has 3 aromatic carbocycles. The second kappa shape index (κ2) is 16.9. The molecular formula is C43H58N4O5. The fraction of sp³-hybridized carbons (Fsp3) is 0.535. The van der Waals surface area contributed by atoms with Gasteiger partial charge in [-0.05, 0) is 99.2 Å². The zero-order valence-corrected chi connectivity index (χ0v) is 31.6. The Morgan fingerprint density at radius 2 is 1.58 bits per heavy atom. The molecule has 3 aliphatic rings. The van der Waals surface area contributed by atoms with Crippen molar-refractivity contribution in [3.8, 4) is 11.1 Å². The van der Waals surface area contributed by atoms with Crippen LogP contribution in [-0.2, 0) is 27.4 Å². The number of nitrogens with one attached hydrogen (secondary N) is 3. The molecule has 3 fully saturated rings. The number of benzene rings is 3. The minimum atomic E-state index is -0.625. The summed E-state index contributed by atoms with van der Waals surface area (Å²) in [4.78, 5) is 28.4. The fourth-order valence-electron chi connectivity index (χ4n) is 8.39. The molecule has 1 saturated carbocycles. The summed E-state index contributed by atoms with van der Waals surface area (Å²) in [6.07, 6.45) is 5.65. The predicted octanol–water partition coefficient (Wildman–Crippen LogP) is 7.39. The van der Waals surface area contributed by atoms with Gasteiger partial charge in [-0.3, -0.25) is 9.69 Å². The van der Waals surface area contributed by atoms with Gasteiger partial charge in [0.2, 0.25) is 5.91 Å². The Balaban J connectivity index is 1.30. The van der Waals surface area contributed by atoms with Crippen LogP contribution in [0, 0.1) is 11.8 Å². The number of carbonyl (C=O) groups is 2. The van der Waals surface area contributed by atoms with E-state index in [-0.39, 0.29) is 48.3 Å². The zero-order chi connectivity index (χ0) is 36.8. The smallest absolute Gasteiger partial charge is 0.315 e. The summed E-state index contributed by atoms with van der Waals surface area (Å²) in [7, 11) is 0. The summed E-state index contributed by atoms with van der Waals surface area (Å²) < 4.78 is 13.9. The van der Waals surface area contributed by atoms with Crippen LogP contribution in [0.2, 0.25) is 0 Å². The van der Waals surface area contributed by atoms with Gasteiger partial charge in [0.15, 0.2) is 6.29 Å². The molecule has 1 aliphatic carbocycles.